The maximum atomic E-state index is 13.4. The summed E-state index contributed by atoms with van der Waals surface area (Å²) in [6.07, 6.45) is -2.67. The molecule has 0 saturated heterocycles. The topological polar surface area (TPSA) is 47.4 Å². The fourth-order valence-electron chi connectivity index (χ4n) is 4.53. The maximum absolute atomic E-state index is 13.4. The Morgan fingerprint density at radius 2 is 2.09 bits per heavy atom. The van der Waals surface area contributed by atoms with Gasteiger partial charge in [-0.25, -0.2) is 13.8 Å². The van der Waals surface area contributed by atoms with E-state index in [0.29, 0.717) is 22.4 Å². The molecule has 2 bridgehead atoms. The van der Waals surface area contributed by atoms with Crippen LogP contribution < -0.4 is 4.74 Å². The number of hydrogen-bond donors (Lipinski definition) is 0. The Hall–Kier alpha value is -3.54. The number of nitrogens with zero attached hydrogens (tertiary/aromatic N) is 3. The third kappa shape index (κ3) is 3.59. The van der Waals surface area contributed by atoms with Crippen LogP contribution in [-0.4, -0.2) is 40.4 Å². The monoisotopic (exact) mass is 460 g/mol. The lowest BCUT2D eigenvalue weighted by atomic mass is 9.97. The molecule has 2 aliphatic heterocycles. The van der Waals surface area contributed by atoms with E-state index >= 15 is 0 Å². The van der Waals surface area contributed by atoms with E-state index in [4.69, 9.17) is 8.85 Å². The van der Waals surface area contributed by atoms with Crippen LogP contribution in [0.1, 0.15) is 62.8 Å². The Kier molecular flexibility index (Phi) is 4.41. The van der Waals surface area contributed by atoms with E-state index in [1.54, 1.807) is 22.8 Å². The number of aromatic nitrogens is 2. The molecule has 1 aromatic heterocycles. The van der Waals surface area contributed by atoms with E-state index in [9.17, 15) is 22.4 Å². The lowest BCUT2D eigenvalue weighted by Gasteiger charge is -2.24. The van der Waals surface area contributed by atoms with Gasteiger partial charge in [-0.2, -0.15) is 8.78 Å². The van der Waals surface area contributed by atoms with E-state index in [-0.39, 0.29) is 36.1 Å². The van der Waals surface area contributed by atoms with Crippen molar-refractivity contribution in [2.24, 2.45) is 0 Å². The molecule has 2 atom stereocenters. The molecule has 5 nitrogen and oxygen atoms in total. The zero-order chi connectivity index (χ0) is 25.8. The van der Waals surface area contributed by atoms with Gasteiger partial charge in [0.1, 0.15) is 11.6 Å². The molecular formula is C24H19F4N3O2. The molecule has 170 valence electrons. The molecule has 2 aliphatic rings. The Labute approximate surface area is 191 Å². The lowest BCUT2D eigenvalue weighted by Crippen LogP contribution is -2.30. The highest BCUT2D eigenvalue weighted by Gasteiger charge is 2.44. The smallest absolute Gasteiger partial charge is 0.387 e. The number of fused-ring (bicyclic) bond motifs is 9. The Morgan fingerprint density at radius 1 is 1.24 bits per heavy atom. The van der Waals surface area contributed by atoms with Gasteiger partial charge in [0, 0.05) is 47.0 Å². The summed E-state index contributed by atoms with van der Waals surface area (Å²) in [5.41, 5.74) is 1.69. The highest BCUT2D eigenvalue weighted by molar-refractivity contribution is 5.97. The number of halogens is 4. The predicted molar refractivity (Wildman–Crippen MR) is 113 cm³/mol. The van der Waals surface area contributed by atoms with Crippen LogP contribution in [0.5, 0.6) is 5.75 Å². The highest BCUT2D eigenvalue weighted by Crippen LogP contribution is 2.49. The molecule has 0 spiro atoms. The number of imidazole rings is 1. The Morgan fingerprint density at radius 3 is 2.85 bits per heavy atom. The van der Waals surface area contributed by atoms with Gasteiger partial charge < -0.3 is 14.2 Å². The first-order valence-electron chi connectivity index (χ1n) is 11.8. The van der Waals surface area contributed by atoms with Gasteiger partial charge in [0.2, 0.25) is 6.43 Å². The molecule has 3 heterocycles. The summed E-state index contributed by atoms with van der Waals surface area (Å²) >= 11 is 0. The molecule has 0 aliphatic carbocycles. The van der Waals surface area contributed by atoms with Crippen LogP contribution >= 0.6 is 0 Å². The minimum atomic E-state index is -3.15. The third-order valence-electron chi connectivity index (χ3n) is 5.87. The van der Waals surface area contributed by atoms with Crippen LogP contribution in [0.3, 0.4) is 0 Å². The molecule has 2 aromatic carbocycles. The van der Waals surface area contributed by atoms with Crippen molar-refractivity contribution in [3.8, 4) is 17.6 Å². The average molecular weight is 460 g/mol. The first kappa shape index (κ1) is 18.0. The van der Waals surface area contributed by atoms with E-state index in [1.807, 2.05) is 0 Å². The van der Waals surface area contributed by atoms with Crippen molar-refractivity contribution in [1.29, 1.82) is 0 Å². The van der Waals surface area contributed by atoms with Gasteiger partial charge in [-0.15, -0.1) is 0 Å². The van der Waals surface area contributed by atoms with Crippen molar-refractivity contribution in [1.82, 2.24) is 14.5 Å². The minimum absolute atomic E-state index is 0.0161. The van der Waals surface area contributed by atoms with E-state index in [1.165, 1.54) is 18.2 Å². The van der Waals surface area contributed by atoms with Crippen molar-refractivity contribution in [3.63, 3.8) is 0 Å². The molecule has 1 amide bonds. The van der Waals surface area contributed by atoms with Gasteiger partial charge in [-0.05, 0) is 30.3 Å². The Bertz CT molecular complexity index is 1410. The summed E-state index contributed by atoms with van der Waals surface area (Å²) in [5, 5.41) is 0. The molecule has 0 saturated carbocycles. The van der Waals surface area contributed by atoms with Gasteiger partial charge >= 0.3 is 6.61 Å². The molecule has 5 rings (SSSR count). The van der Waals surface area contributed by atoms with E-state index in [0.717, 1.165) is 4.90 Å². The lowest BCUT2D eigenvalue weighted by molar-refractivity contribution is -0.0507. The van der Waals surface area contributed by atoms with Gasteiger partial charge in [0.15, 0.2) is 0 Å². The van der Waals surface area contributed by atoms with Crippen LogP contribution in [0.4, 0.5) is 17.6 Å². The predicted octanol–water partition coefficient (Wildman–Crippen LogP) is 5.15. The zero-order valence-corrected chi connectivity index (χ0v) is 17.1. The fraction of sp³-hybridized carbons (Fsp3) is 0.333. The van der Waals surface area contributed by atoms with E-state index in [2.05, 4.69) is 16.8 Å². The summed E-state index contributed by atoms with van der Waals surface area (Å²) in [7, 11) is 0. The summed E-state index contributed by atoms with van der Waals surface area (Å²) in [5.74, 6) is 4.81. The van der Waals surface area contributed by atoms with Crippen LogP contribution in [0.15, 0.2) is 36.4 Å². The standard InChI is InChI=1S/C24H19F4N3O2/c1-30-18-12-17(21-14(23(30)32)6-4-7-19(21)33-24(27)28)31-16-11-13(5-2-3-8-20(25)26)9-10-15(16)29-22(18)31/h4,6-7,9-11,17-18,20,24H,3,8,12H2,1H3/t17-,18-/m1/s1/i1D3. The molecule has 0 radical (unpaired) electrons. The van der Waals surface area contributed by atoms with Crippen LogP contribution in [0.25, 0.3) is 11.0 Å². The summed E-state index contributed by atoms with van der Waals surface area (Å²) < 4.78 is 81.9. The fourth-order valence-corrected chi connectivity index (χ4v) is 4.53. The van der Waals surface area contributed by atoms with Gasteiger partial charge in [-0.3, -0.25) is 4.79 Å². The molecule has 0 unspecified atom stereocenters. The average Bonchev–Trinajstić information content (AvgIpc) is 3.28. The van der Waals surface area contributed by atoms with E-state index < -0.39 is 38.0 Å². The van der Waals surface area contributed by atoms with Gasteiger partial charge in [0.05, 0.1) is 23.1 Å². The number of benzene rings is 2. The Balaban J connectivity index is 1.70. The number of ether oxygens (including phenoxy) is 1. The number of hydrogen-bond acceptors (Lipinski definition) is 3. The maximum Gasteiger partial charge on any atom is 0.387 e. The SMILES string of the molecule is [2H]C([2H])([2H])N1C(=O)c2cccc(OC(F)F)c2[C@H]2C[C@@H]1c1nc3ccc(C#CCCC(F)F)cc3n12. The van der Waals surface area contributed by atoms with Crippen molar-refractivity contribution >= 4 is 16.9 Å². The number of alkyl halides is 4. The van der Waals surface area contributed by atoms with Crippen molar-refractivity contribution in [2.75, 3.05) is 6.98 Å². The quantitative estimate of drug-likeness (QED) is 0.400. The first-order valence-corrected chi connectivity index (χ1v) is 10.3. The number of carbonyl (C=O) groups is 1. The highest BCUT2D eigenvalue weighted by atomic mass is 19.3. The second-order valence-electron chi connectivity index (χ2n) is 7.81. The molecular weight excluding hydrogens is 438 g/mol. The van der Waals surface area contributed by atoms with Crippen molar-refractivity contribution in [3.05, 3.63) is 58.9 Å². The number of rotatable bonds is 4. The number of carbonyl (C=O) groups excluding carboxylic acids is 1. The van der Waals surface area contributed by atoms with Crippen LogP contribution in [0.2, 0.25) is 0 Å². The molecule has 3 aromatic rings. The first-order chi connectivity index (χ1) is 17.1. The van der Waals surface area contributed by atoms with Crippen LogP contribution in [0, 0.1) is 11.8 Å². The largest absolute Gasteiger partial charge is 0.434 e. The van der Waals surface area contributed by atoms with Crippen molar-refractivity contribution < 1.29 is 31.2 Å². The summed E-state index contributed by atoms with van der Waals surface area (Å²) in [6.45, 7) is -5.97. The third-order valence-corrected chi connectivity index (χ3v) is 5.87. The van der Waals surface area contributed by atoms with Gasteiger partial charge in [0.25, 0.3) is 5.91 Å². The second kappa shape index (κ2) is 8.10. The molecule has 9 heteroatoms. The second-order valence-corrected chi connectivity index (χ2v) is 7.81. The van der Waals surface area contributed by atoms with Crippen molar-refractivity contribution in [2.45, 2.75) is 44.4 Å². The molecule has 0 N–H and O–H groups in total. The van der Waals surface area contributed by atoms with Gasteiger partial charge in [-0.1, -0.05) is 17.9 Å². The number of amides is 1. The minimum Gasteiger partial charge on any atom is -0.434 e. The molecule has 0 fully saturated rings. The summed E-state index contributed by atoms with van der Waals surface area (Å²) in [6, 6.07) is 7.45. The summed E-state index contributed by atoms with van der Waals surface area (Å²) in [4.78, 5) is 18.8. The molecule has 33 heavy (non-hydrogen) atoms. The normalized spacial score (nSPS) is 20.6. The van der Waals surface area contributed by atoms with Crippen LogP contribution in [-0.2, 0) is 0 Å². The zero-order valence-electron chi connectivity index (χ0n) is 20.1.